The first-order valence-electron chi connectivity index (χ1n) is 4.65. The van der Waals surface area contributed by atoms with Crippen LogP contribution in [0.4, 0.5) is 4.39 Å². The molecule has 0 spiro atoms. The third kappa shape index (κ3) is 2.91. The predicted octanol–water partition coefficient (Wildman–Crippen LogP) is 1.42. The summed E-state index contributed by atoms with van der Waals surface area (Å²) in [5, 5.41) is 8.59. The van der Waals surface area contributed by atoms with Gasteiger partial charge in [0, 0.05) is 7.05 Å². The molecule has 17 heavy (non-hydrogen) atoms. The number of carbonyl (C=O) groups is 2. The van der Waals surface area contributed by atoms with E-state index >= 15 is 0 Å². The van der Waals surface area contributed by atoms with E-state index in [2.05, 4.69) is 4.98 Å². The molecule has 0 radical (unpaired) electrons. The van der Waals surface area contributed by atoms with Crippen LogP contribution >= 0.6 is 11.6 Å². The number of hydrogen-bond donors (Lipinski definition) is 1. The Morgan fingerprint density at radius 2 is 2.18 bits per heavy atom. The molecular weight excluding hydrogens is 251 g/mol. The summed E-state index contributed by atoms with van der Waals surface area (Å²) in [6.07, 6.45) is 0.875. The number of pyridine rings is 1. The number of aliphatic carboxylic acids is 1. The number of amides is 1. The van der Waals surface area contributed by atoms with Gasteiger partial charge in [0.2, 0.25) is 0 Å². The third-order valence-electron chi connectivity index (χ3n) is 2.29. The molecule has 1 unspecified atom stereocenters. The van der Waals surface area contributed by atoms with Gasteiger partial charge in [0.1, 0.15) is 17.0 Å². The van der Waals surface area contributed by atoms with Crippen molar-refractivity contribution in [1.29, 1.82) is 0 Å². The Morgan fingerprint density at radius 3 is 2.71 bits per heavy atom. The molecule has 0 aliphatic carbocycles. The van der Waals surface area contributed by atoms with Gasteiger partial charge in [0.05, 0.1) is 11.8 Å². The number of hydrogen-bond acceptors (Lipinski definition) is 3. The quantitative estimate of drug-likeness (QED) is 0.835. The Hall–Kier alpha value is -1.69. The van der Waals surface area contributed by atoms with Crippen LogP contribution < -0.4 is 0 Å². The lowest BCUT2D eigenvalue weighted by Gasteiger charge is -2.21. The van der Waals surface area contributed by atoms with Gasteiger partial charge >= 0.3 is 5.97 Å². The molecule has 1 aromatic heterocycles. The van der Waals surface area contributed by atoms with E-state index in [4.69, 9.17) is 16.7 Å². The van der Waals surface area contributed by atoms with Crippen LogP contribution in [0, 0.1) is 5.82 Å². The van der Waals surface area contributed by atoms with E-state index in [0.717, 1.165) is 17.2 Å². The summed E-state index contributed by atoms with van der Waals surface area (Å²) < 4.78 is 12.9. The lowest BCUT2D eigenvalue weighted by atomic mass is 10.2. The summed E-state index contributed by atoms with van der Waals surface area (Å²) in [6.45, 7) is 1.33. The zero-order chi connectivity index (χ0) is 13.2. The molecule has 1 N–H and O–H groups in total. The zero-order valence-corrected chi connectivity index (χ0v) is 9.90. The molecule has 1 heterocycles. The van der Waals surface area contributed by atoms with Gasteiger partial charge in [-0.2, -0.15) is 0 Å². The standard InChI is InChI=1S/C10H10ClFN2O3/c1-5(10(16)17)14(2)9(15)7-3-6(12)4-13-8(7)11/h3-5H,1-2H3,(H,16,17). The minimum Gasteiger partial charge on any atom is -0.480 e. The molecule has 1 aromatic rings. The van der Waals surface area contributed by atoms with Crippen LogP contribution in [0.15, 0.2) is 12.3 Å². The molecule has 0 aliphatic rings. The van der Waals surface area contributed by atoms with E-state index in [-0.39, 0.29) is 10.7 Å². The normalized spacial score (nSPS) is 12.0. The largest absolute Gasteiger partial charge is 0.480 e. The Bertz CT molecular complexity index is 467. The summed E-state index contributed by atoms with van der Waals surface area (Å²) >= 11 is 5.65. The molecule has 1 amide bonds. The number of halogens is 2. The van der Waals surface area contributed by atoms with Crippen LogP contribution in [0.1, 0.15) is 17.3 Å². The SMILES string of the molecule is CC(C(=O)O)N(C)C(=O)c1cc(F)cnc1Cl. The Morgan fingerprint density at radius 1 is 1.59 bits per heavy atom. The number of carboxylic acid groups (broad SMARTS) is 1. The zero-order valence-electron chi connectivity index (χ0n) is 9.15. The highest BCUT2D eigenvalue weighted by Gasteiger charge is 2.24. The monoisotopic (exact) mass is 260 g/mol. The fourth-order valence-corrected chi connectivity index (χ4v) is 1.29. The van der Waals surface area contributed by atoms with Crippen LogP contribution in [-0.4, -0.2) is 40.0 Å². The van der Waals surface area contributed by atoms with Gasteiger partial charge in [-0.15, -0.1) is 0 Å². The lowest BCUT2D eigenvalue weighted by Crippen LogP contribution is -2.40. The van der Waals surface area contributed by atoms with E-state index in [1.165, 1.54) is 14.0 Å². The summed E-state index contributed by atoms with van der Waals surface area (Å²) in [7, 11) is 1.29. The van der Waals surface area contributed by atoms with Crippen molar-refractivity contribution >= 4 is 23.5 Å². The van der Waals surface area contributed by atoms with E-state index in [1.807, 2.05) is 0 Å². The van der Waals surface area contributed by atoms with Crippen LogP contribution in [0.5, 0.6) is 0 Å². The van der Waals surface area contributed by atoms with Crippen molar-refractivity contribution in [2.75, 3.05) is 7.05 Å². The highest BCUT2D eigenvalue weighted by molar-refractivity contribution is 6.32. The molecule has 1 rings (SSSR count). The highest BCUT2D eigenvalue weighted by atomic mass is 35.5. The maximum Gasteiger partial charge on any atom is 0.326 e. The first kappa shape index (κ1) is 13.4. The van der Waals surface area contributed by atoms with Gasteiger partial charge in [0.25, 0.3) is 5.91 Å². The maximum absolute atomic E-state index is 12.9. The summed E-state index contributed by atoms with van der Waals surface area (Å²) in [6, 6.07) is -0.121. The second-order valence-electron chi connectivity index (χ2n) is 3.42. The second kappa shape index (κ2) is 5.09. The first-order chi connectivity index (χ1) is 7.84. The Labute approximate surface area is 102 Å². The van der Waals surface area contributed by atoms with Crippen LogP contribution in [-0.2, 0) is 4.79 Å². The molecule has 0 saturated carbocycles. The molecule has 92 valence electrons. The van der Waals surface area contributed by atoms with Gasteiger partial charge in [0.15, 0.2) is 0 Å². The van der Waals surface area contributed by atoms with E-state index in [9.17, 15) is 14.0 Å². The van der Waals surface area contributed by atoms with Gasteiger partial charge in [-0.1, -0.05) is 11.6 Å². The Balaban J connectivity index is 3.04. The van der Waals surface area contributed by atoms with Gasteiger partial charge in [-0.25, -0.2) is 14.2 Å². The first-order valence-corrected chi connectivity index (χ1v) is 5.03. The molecule has 0 saturated heterocycles. The van der Waals surface area contributed by atoms with Crippen molar-refractivity contribution in [2.45, 2.75) is 13.0 Å². The number of carbonyl (C=O) groups excluding carboxylic acids is 1. The van der Waals surface area contributed by atoms with Gasteiger partial charge < -0.3 is 10.0 Å². The summed E-state index contributed by atoms with van der Waals surface area (Å²) in [5.41, 5.74) is -0.165. The summed E-state index contributed by atoms with van der Waals surface area (Å²) in [4.78, 5) is 27.0. The number of nitrogens with zero attached hydrogens (tertiary/aromatic N) is 2. The molecule has 5 nitrogen and oxygen atoms in total. The van der Waals surface area contributed by atoms with Crippen molar-refractivity contribution in [3.05, 3.63) is 28.8 Å². The predicted molar refractivity (Wildman–Crippen MR) is 58.4 cm³/mol. The second-order valence-corrected chi connectivity index (χ2v) is 3.78. The number of aromatic nitrogens is 1. The number of rotatable bonds is 3. The van der Waals surface area contributed by atoms with E-state index in [0.29, 0.717) is 0 Å². The third-order valence-corrected chi connectivity index (χ3v) is 2.60. The Kier molecular flexibility index (Phi) is 4.01. The minimum atomic E-state index is -1.17. The van der Waals surface area contributed by atoms with Gasteiger partial charge in [-0.05, 0) is 13.0 Å². The average Bonchev–Trinajstić information content (AvgIpc) is 2.29. The fourth-order valence-electron chi connectivity index (χ4n) is 1.10. The van der Waals surface area contributed by atoms with E-state index in [1.54, 1.807) is 0 Å². The molecule has 0 aromatic carbocycles. The van der Waals surface area contributed by atoms with Crippen molar-refractivity contribution in [2.24, 2.45) is 0 Å². The lowest BCUT2D eigenvalue weighted by molar-refractivity contribution is -0.141. The molecule has 7 heteroatoms. The van der Waals surface area contributed by atoms with Crippen molar-refractivity contribution < 1.29 is 19.1 Å². The summed E-state index contributed by atoms with van der Waals surface area (Å²) in [5.74, 6) is -2.58. The average molecular weight is 261 g/mol. The van der Waals surface area contributed by atoms with Crippen LogP contribution in [0.3, 0.4) is 0 Å². The van der Waals surface area contributed by atoms with Crippen LogP contribution in [0.2, 0.25) is 5.15 Å². The van der Waals surface area contributed by atoms with Crippen molar-refractivity contribution in [1.82, 2.24) is 9.88 Å². The van der Waals surface area contributed by atoms with Crippen molar-refractivity contribution in [3.8, 4) is 0 Å². The molecule has 0 bridgehead atoms. The van der Waals surface area contributed by atoms with Gasteiger partial charge in [-0.3, -0.25) is 4.79 Å². The minimum absolute atomic E-state index is 0.165. The highest BCUT2D eigenvalue weighted by Crippen LogP contribution is 2.16. The van der Waals surface area contributed by atoms with Crippen LogP contribution in [0.25, 0.3) is 0 Å². The van der Waals surface area contributed by atoms with E-state index < -0.39 is 23.7 Å². The molecular formula is C10H10ClFN2O3. The molecule has 0 aliphatic heterocycles. The molecule has 0 fully saturated rings. The smallest absolute Gasteiger partial charge is 0.326 e. The number of carboxylic acids is 1. The maximum atomic E-state index is 12.9. The molecule has 1 atom stereocenters. The van der Waals surface area contributed by atoms with Crippen molar-refractivity contribution in [3.63, 3.8) is 0 Å². The fraction of sp³-hybridized carbons (Fsp3) is 0.300. The topological polar surface area (TPSA) is 70.5 Å². The number of likely N-dealkylation sites (N-methyl/N-ethyl adjacent to an activating group) is 1.